The molecule has 1 saturated carbocycles. The van der Waals surface area contributed by atoms with E-state index in [1.807, 2.05) is 0 Å². The van der Waals surface area contributed by atoms with Gasteiger partial charge in [-0.25, -0.2) is 0 Å². The Balaban J connectivity index is 2.11. The second-order valence-corrected chi connectivity index (χ2v) is 3.88. The Kier molecular flexibility index (Phi) is 2.02. The minimum absolute atomic E-state index is 0.141. The first kappa shape index (κ1) is 9.18. The molecule has 2 N–H and O–H groups in total. The molecule has 0 spiro atoms. The number of amides is 2. The van der Waals surface area contributed by atoms with Crippen LogP contribution in [0.5, 0.6) is 0 Å². The van der Waals surface area contributed by atoms with E-state index in [0.29, 0.717) is 5.84 Å². The molecule has 1 aliphatic carbocycles. The molecule has 0 aromatic rings. The highest BCUT2D eigenvalue weighted by atomic mass is 16.2. The largest absolute Gasteiger partial charge is 0.339 e. The van der Waals surface area contributed by atoms with Crippen molar-refractivity contribution in [1.29, 1.82) is 5.41 Å². The second-order valence-electron chi connectivity index (χ2n) is 3.88. The quantitative estimate of drug-likeness (QED) is 0.343. The monoisotopic (exact) mass is 195 g/mol. The van der Waals surface area contributed by atoms with E-state index in [4.69, 9.17) is 5.41 Å². The highest BCUT2D eigenvalue weighted by Crippen LogP contribution is 2.32. The maximum absolute atomic E-state index is 11.3. The fourth-order valence-electron chi connectivity index (χ4n) is 1.60. The van der Waals surface area contributed by atoms with Gasteiger partial charge in [0.1, 0.15) is 11.9 Å². The Hall–Kier alpha value is -1.39. The van der Waals surface area contributed by atoms with Gasteiger partial charge < -0.3 is 4.90 Å². The minimum Gasteiger partial charge on any atom is -0.339 e. The number of rotatable bonds is 1. The molecule has 1 saturated heterocycles. The summed E-state index contributed by atoms with van der Waals surface area (Å²) in [4.78, 5) is 24.0. The van der Waals surface area contributed by atoms with Gasteiger partial charge in [-0.05, 0) is 19.8 Å². The lowest BCUT2D eigenvalue weighted by atomic mass is 10.1. The molecule has 5 nitrogen and oxygen atoms in total. The van der Waals surface area contributed by atoms with Crippen molar-refractivity contribution in [3.63, 3.8) is 0 Å². The van der Waals surface area contributed by atoms with Gasteiger partial charge >= 0.3 is 0 Å². The summed E-state index contributed by atoms with van der Waals surface area (Å²) in [5.41, 5.74) is 0. The van der Waals surface area contributed by atoms with Crippen molar-refractivity contribution in [2.75, 3.05) is 6.54 Å². The Morgan fingerprint density at radius 3 is 2.71 bits per heavy atom. The van der Waals surface area contributed by atoms with E-state index >= 15 is 0 Å². The predicted molar refractivity (Wildman–Crippen MR) is 49.8 cm³/mol. The molecule has 1 aliphatic heterocycles. The van der Waals surface area contributed by atoms with Crippen molar-refractivity contribution < 1.29 is 9.59 Å². The van der Waals surface area contributed by atoms with Crippen LogP contribution in [-0.2, 0) is 9.59 Å². The third-order valence-corrected chi connectivity index (χ3v) is 2.70. The van der Waals surface area contributed by atoms with Crippen LogP contribution in [0.3, 0.4) is 0 Å². The zero-order valence-corrected chi connectivity index (χ0v) is 8.04. The van der Waals surface area contributed by atoms with E-state index in [-0.39, 0.29) is 30.3 Å². The van der Waals surface area contributed by atoms with E-state index in [2.05, 4.69) is 5.32 Å². The maximum Gasteiger partial charge on any atom is 0.249 e. The van der Waals surface area contributed by atoms with Crippen molar-refractivity contribution in [2.24, 2.45) is 5.92 Å². The van der Waals surface area contributed by atoms with Crippen LogP contribution in [0.25, 0.3) is 0 Å². The van der Waals surface area contributed by atoms with E-state index in [9.17, 15) is 9.59 Å². The van der Waals surface area contributed by atoms with Crippen molar-refractivity contribution in [2.45, 2.75) is 25.8 Å². The summed E-state index contributed by atoms with van der Waals surface area (Å²) >= 11 is 0. The van der Waals surface area contributed by atoms with Crippen LogP contribution < -0.4 is 5.32 Å². The number of amidine groups is 1. The van der Waals surface area contributed by atoms with Crippen LogP contribution in [0.15, 0.2) is 0 Å². The van der Waals surface area contributed by atoms with Crippen LogP contribution in [0, 0.1) is 11.3 Å². The molecule has 2 rings (SSSR count). The highest BCUT2D eigenvalue weighted by Gasteiger charge is 2.37. The standard InChI is InChI=1S/C9H13N3O2/c1-5-9(14)11-7(13)4-12(5)8(10)6-2-3-6/h5-6,10H,2-4H2,1H3,(H,11,13,14). The van der Waals surface area contributed by atoms with Gasteiger partial charge in [-0.1, -0.05) is 0 Å². The summed E-state index contributed by atoms with van der Waals surface area (Å²) < 4.78 is 0. The minimum atomic E-state index is -0.388. The van der Waals surface area contributed by atoms with Gasteiger partial charge in [-0.3, -0.25) is 20.3 Å². The summed E-state index contributed by atoms with van der Waals surface area (Å²) in [6, 6.07) is -0.388. The van der Waals surface area contributed by atoms with Crippen LogP contribution in [0.4, 0.5) is 0 Å². The summed E-state index contributed by atoms with van der Waals surface area (Å²) in [6.07, 6.45) is 2.02. The number of piperazine rings is 1. The smallest absolute Gasteiger partial charge is 0.249 e. The predicted octanol–water partition coefficient (Wildman–Crippen LogP) is -0.279. The van der Waals surface area contributed by atoms with Crippen LogP contribution in [0.2, 0.25) is 0 Å². The van der Waals surface area contributed by atoms with E-state index in [1.165, 1.54) is 0 Å². The molecule has 1 atom stereocenters. The molecular weight excluding hydrogens is 182 g/mol. The molecular formula is C9H13N3O2. The van der Waals surface area contributed by atoms with E-state index in [0.717, 1.165) is 12.8 Å². The Bertz CT molecular complexity index is 309. The molecule has 76 valence electrons. The fourth-order valence-corrected chi connectivity index (χ4v) is 1.60. The van der Waals surface area contributed by atoms with Crippen molar-refractivity contribution >= 4 is 17.6 Å². The van der Waals surface area contributed by atoms with Gasteiger partial charge in [-0.2, -0.15) is 0 Å². The number of hydrogen-bond donors (Lipinski definition) is 2. The van der Waals surface area contributed by atoms with Gasteiger partial charge in [-0.15, -0.1) is 0 Å². The van der Waals surface area contributed by atoms with Gasteiger partial charge in [0.05, 0.1) is 6.54 Å². The molecule has 14 heavy (non-hydrogen) atoms. The molecule has 2 amide bonds. The van der Waals surface area contributed by atoms with Gasteiger partial charge in [0, 0.05) is 5.92 Å². The molecule has 1 heterocycles. The zero-order chi connectivity index (χ0) is 10.3. The van der Waals surface area contributed by atoms with E-state index in [1.54, 1.807) is 11.8 Å². The lowest BCUT2D eigenvalue weighted by molar-refractivity contribution is -0.137. The van der Waals surface area contributed by atoms with Crippen LogP contribution in [0.1, 0.15) is 19.8 Å². The highest BCUT2D eigenvalue weighted by molar-refractivity contribution is 6.04. The summed E-state index contributed by atoms with van der Waals surface area (Å²) in [5.74, 6) is 0.113. The van der Waals surface area contributed by atoms with Crippen molar-refractivity contribution in [1.82, 2.24) is 10.2 Å². The summed E-state index contributed by atoms with van der Waals surface area (Å²) in [6.45, 7) is 1.86. The molecule has 0 aromatic carbocycles. The molecule has 2 fully saturated rings. The first-order valence-corrected chi connectivity index (χ1v) is 4.78. The first-order valence-electron chi connectivity index (χ1n) is 4.78. The Labute approximate surface area is 82.0 Å². The lowest BCUT2D eigenvalue weighted by Gasteiger charge is -2.33. The molecule has 2 aliphatic rings. The van der Waals surface area contributed by atoms with E-state index < -0.39 is 0 Å². The van der Waals surface area contributed by atoms with Crippen LogP contribution >= 0.6 is 0 Å². The molecule has 1 unspecified atom stereocenters. The van der Waals surface area contributed by atoms with Crippen molar-refractivity contribution in [3.8, 4) is 0 Å². The number of hydrogen-bond acceptors (Lipinski definition) is 3. The van der Waals surface area contributed by atoms with Gasteiger partial charge in [0.25, 0.3) is 0 Å². The summed E-state index contributed by atoms with van der Waals surface area (Å²) in [7, 11) is 0. The number of carbonyl (C=O) groups excluding carboxylic acids is 2. The maximum atomic E-state index is 11.3. The Morgan fingerprint density at radius 1 is 1.50 bits per heavy atom. The fraction of sp³-hybridized carbons (Fsp3) is 0.667. The molecule has 0 bridgehead atoms. The average Bonchev–Trinajstić information content (AvgIpc) is 2.93. The first-order chi connectivity index (χ1) is 6.59. The lowest BCUT2D eigenvalue weighted by Crippen LogP contribution is -2.58. The topological polar surface area (TPSA) is 73.3 Å². The number of imide groups is 1. The molecule has 5 heteroatoms. The molecule has 0 aromatic heterocycles. The molecule has 0 radical (unpaired) electrons. The number of nitrogens with zero attached hydrogens (tertiary/aromatic N) is 1. The van der Waals surface area contributed by atoms with Crippen LogP contribution in [-0.4, -0.2) is 35.1 Å². The Morgan fingerprint density at radius 2 is 2.14 bits per heavy atom. The van der Waals surface area contributed by atoms with Gasteiger partial charge in [0.15, 0.2) is 0 Å². The zero-order valence-electron chi connectivity index (χ0n) is 8.04. The van der Waals surface area contributed by atoms with Crippen molar-refractivity contribution in [3.05, 3.63) is 0 Å². The second kappa shape index (κ2) is 3.08. The average molecular weight is 195 g/mol. The number of nitrogens with one attached hydrogen (secondary N) is 2. The third-order valence-electron chi connectivity index (χ3n) is 2.70. The normalized spacial score (nSPS) is 27.5. The van der Waals surface area contributed by atoms with Gasteiger partial charge in [0.2, 0.25) is 11.8 Å². The third kappa shape index (κ3) is 1.49. The number of carbonyl (C=O) groups is 2. The summed E-state index contributed by atoms with van der Waals surface area (Å²) in [5, 5.41) is 10.1. The SMILES string of the molecule is CC1C(=O)NC(=O)CN1C(=N)C1CC1.